The maximum atomic E-state index is 5.90. The van der Waals surface area contributed by atoms with Crippen molar-refractivity contribution in [3.63, 3.8) is 0 Å². The molecular formula is C14H13N3S. The highest BCUT2D eigenvalue weighted by Crippen LogP contribution is 2.25. The SMILES string of the molecule is Cc1ccc(Nc2ccc3ncsc3c2)cc1N. The predicted octanol–water partition coefficient (Wildman–Crippen LogP) is 3.93. The summed E-state index contributed by atoms with van der Waals surface area (Å²) in [6, 6.07) is 12.1. The fourth-order valence-electron chi connectivity index (χ4n) is 1.82. The number of anilines is 3. The predicted molar refractivity (Wildman–Crippen MR) is 78.5 cm³/mol. The Morgan fingerprint density at radius 1 is 1.11 bits per heavy atom. The molecule has 3 aromatic rings. The van der Waals surface area contributed by atoms with Gasteiger partial charge in [0.2, 0.25) is 0 Å². The van der Waals surface area contributed by atoms with E-state index >= 15 is 0 Å². The first-order valence-corrected chi connectivity index (χ1v) is 6.57. The molecule has 0 spiro atoms. The van der Waals surface area contributed by atoms with Crippen LogP contribution in [0.3, 0.4) is 0 Å². The fraction of sp³-hybridized carbons (Fsp3) is 0.0714. The minimum atomic E-state index is 0.805. The number of fused-ring (bicyclic) bond motifs is 1. The number of thiazole rings is 1. The second-order valence-electron chi connectivity index (χ2n) is 4.23. The Kier molecular flexibility index (Phi) is 2.64. The summed E-state index contributed by atoms with van der Waals surface area (Å²) >= 11 is 1.64. The van der Waals surface area contributed by atoms with Crippen molar-refractivity contribution in [1.82, 2.24) is 4.98 Å². The Morgan fingerprint density at radius 3 is 2.72 bits per heavy atom. The number of nitrogens with one attached hydrogen (secondary N) is 1. The lowest BCUT2D eigenvalue weighted by Gasteiger charge is -2.08. The van der Waals surface area contributed by atoms with Crippen LogP contribution < -0.4 is 11.1 Å². The third-order valence-corrected chi connectivity index (χ3v) is 3.69. The highest BCUT2D eigenvalue weighted by molar-refractivity contribution is 7.16. The van der Waals surface area contributed by atoms with Gasteiger partial charge in [-0.25, -0.2) is 4.98 Å². The first kappa shape index (κ1) is 11.0. The van der Waals surface area contributed by atoms with Crippen molar-refractivity contribution in [3.8, 4) is 0 Å². The molecule has 1 aromatic heterocycles. The quantitative estimate of drug-likeness (QED) is 0.682. The second kappa shape index (κ2) is 4.31. The van der Waals surface area contributed by atoms with Crippen molar-refractivity contribution in [1.29, 1.82) is 0 Å². The van der Waals surface area contributed by atoms with E-state index in [9.17, 15) is 0 Å². The summed E-state index contributed by atoms with van der Waals surface area (Å²) in [5.74, 6) is 0. The number of benzene rings is 2. The topological polar surface area (TPSA) is 50.9 Å². The molecule has 90 valence electrons. The Bertz CT molecular complexity index is 703. The molecule has 4 heteroatoms. The van der Waals surface area contributed by atoms with Gasteiger partial charge in [0, 0.05) is 17.1 Å². The standard InChI is InChI=1S/C14H13N3S/c1-9-2-3-10(6-12(9)15)17-11-4-5-13-14(7-11)18-8-16-13/h2-8,17H,15H2,1H3. The first-order valence-electron chi connectivity index (χ1n) is 5.69. The van der Waals surface area contributed by atoms with Crippen LogP contribution >= 0.6 is 11.3 Å². The summed E-state index contributed by atoms with van der Waals surface area (Å²) < 4.78 is 1.18. The Balaban J connectivity index is 1.92. The molecule has 0 saturated carbocycles. The van der Waals surface area contributed by atoms with Gasteiger partial charge in [-0.05, 0) is 42.8 Å². The number of hydrogen-bond acceptors (Lipinski definition) is 4. The molecule has 0 aliphatic carbocycles. The third-order valence-electron chi connectivity index (χ3n) is 2.90. The van der Waals surface area contributed by atoms with Gasteiger partial charge in [-0.15, -0.1) is 11.3 Å². The number of hydrogen-bond donors (Lipinski definition) is 2. The van der Waals surface area contributed by atoms with Gasteiger partial charge in [-0.3, -0.25) is 0 Å². The molecule has 3 nitrogen and oxygen atoms in total. The van der Waals surface area contributed by atoms with Gasteiger partial charge in [0.1, 0.15) is 0 Å². The Hall–Kier alpha value is -2.07. The summed E-state index contributed by atoms with van der Waals surface area (Å²) in [5, 5.41) is 3.35. The van der Waals surface area contributed by atoms with E-state index in [2.05, 4.69) is 16.4 Å². The van der Waals surface area contributed by atoms with Crippen LogP contribution in [0.4, 0.5) is 17.1 Å². The van der Waals surface area contributed by atoms with Gasteiger partial charge in [0.05, 0.1) is 15.7 Å². The van der Waals surface area contributed by atoms with E-state index in [0.29, 0.717) is 0 Å². The number of nitrogens with two attached hydrogens (primary N) is 1. The molecular weight excluding hydrogens is 242 g/mol. The van der Waals surface area contributed by atoms with Crippen molar-refractivity contribution in [2.75, 3.05) is 11.1 Å². The molecule has 0 saturated heterocycles. The van der Waals surface area contributed by atoms with E-state index < -0.39 is 0 Å². The molecule has 0 aliphatic heterocycles. The molecule has 1 heterocycles. The van der Waals surface area contributed by atoms with Crippen LogP contribution in [-0.4, -0.2) is 4.98 Å². The van der Waals surface area contributed by atoms with Crippen molar-refractivity contribution < 1.29 is 0 Å². The first-order chi connectivity index (χ1) is 8.72. The van der Waals surface area contributed by atoms with Crippen LogP contribution in [0.1, 0.15) is 5.56 Å². The molecule has 2 aromatic carbocycles. The summed E-state index contributed by atoms with van der Waals surface area (Å²) in [4.78, 5) is 4.26. The van der Waals surface area contributed by atoms with Crippen LogP contribution in [0.2, 0.25) is 0 Å². The number of aromatic nitrogens is 1. The summed E-state index contributed by atoms with van der Waals surface area (Å²) in [7, 11) is 0. The van der Waals surface area contributed by atoms with Crippen LogP contribution in [0.25, 0.3) is 10.2 Å². The van der Waals surface area contributed by atoms with E-state index in [1.165, 1.54) is 4.70 Å². The van der Waals surface area contributed by atoms with E-state index in [1.807, 2.05) is 42.8 Å². The zero-order valence-electron chi connectivity index (χ0n) is 9.97. The summed E-state index contributed by atoms with van der Waals surface area (Å²) in [5.41, 5.74) is 12.7. The van der Waals surface area contributed by atoms with Crippen LogP contribution in [0.15, 0.2) is 41.9 Å². The largest absolute Gasteiger partial charge is 0.398 e. The van der Waals surface area contributed by atoms with Gasteiger partial charge in [0.25, 0.3) is 0 Å². The number of nitrogen functional groups attached to an aromatic ring is 1. The summed E-state index contributed by atoms with van der Waals surface area (Å²) in [6.07, 6.45) is 0. The Morgan fingerprint density at radius 2 is 1.89 bits per heavy atom. The maximum absolute atomic E-state index is 5.90. The average molecular weight is 255 g/mol. The minimum Gasteiger partial charge on any atom is -0.398 e. The van der Waals surface area contributed by atoms with Crippen LogP contribution in [-0.2, 0) is 0 Å². The lowest BCUT2D eigenvalue weighted by atomic mass is 10.2. The smallest absolute Gasteiger partial charge is 0.0813 e. The monoisotopic (exact) mass is 255 g/mol. The van der Waals surface area contributed by atoms with Crippen molar-refractivity contribution in [2.45, 2.75) is 6.92 Å². The van der Waals surface area contributed by atoms with E-state index in [4.69, 9.17) is 5.73 Å². The lowest BCUT2D eigenvalue weighted by Crippen LogP contribution is -1.94. The zero-order valence-corrected chi connectivity index (χ0v) is 10.8. The number of aryl methyl sites for hydroxylation is 1. The molecule has 0 fully saturated rings. The zero-order chi connectivity index (χ0) is 12.5. The van der Waals surface area contributed by atoms with Crippen LogP contribution in [0.5, 0.6) is 0 Å². The van der Waals surface area contributed by atoms with E-state index in [1.54, 1.807) is 11.3 Å². The van der Waals surface area contributed by atoms with Gasteiger partial charge in [-0.2, -0.15) is 0 Å². The van der Waals surface area contributed by atoms with Gasteiger partial charge < -0.3 is 11.1 Å². The highest BCUT2D eigenvalue weighted by atomic mass is 32.1. The Labute approximate surface area is 109 Å². The molecule has 0 radical (unpaired) electrons. The maximum Gasteiger partial charge on any atom is 0.0813 e. The van der Waals surface area contributed by atoms with Gasteiger partial charge in [-0.1, -0.05) is 6.07 Å². The second-order valence-corrected chi connectivity index (χ2v) is 5.12. The normalized spacial score (nSPS) is 10.7. The number of rotatable bonds is 2. The average Bonchev–Trinajstić information content (AvgIpc) is 2.81. The van der Waals surface area contributed by atoms with Crippen LogP contribution in [0, 0.1) is 6.92 Å². The highest BCUT2D eigenvalue weighted by Gasteiger charge is 2.01. The molecule has 0 atom stereocenters. The molecule has 18 heavy (non-hydrogen) atoms. The molecule has 0 bridgehead atoms. The molecule has 0 amide bonds. The fourth-order valence-corrected chi connectivity index (χ4v) is 2.53. The van der Waals surface area contributed by atoms with Crippen molar-refractivity contribution >= 4 is 38.6 Å². The van der Waals surface area contributed by atoms with E-state index in [-0.39, 0.29) is 0 Å². The molecule has 0 aliphatic rings. The number of nitrogens with zero attached hydrogens (tertiary/aromatic N) is 1. The molecule has 0 unspecified atom stereocenters. The van der Waals surface area contributed by atoms with Gasteiger partial charge >= 0.3 is 0 Å². The van der Waals surface area contributed by atoms with Crippen molar-refractivity contribution in [2.24, 2.45) is 0 Å². The molecule has 3 rings (SSSR count). The minimum absolute atomic E-state index is 0.805. The van der Waals surface area contributed by atoms with E-state index in [0.717, 1.165) is 28.1 Å². The summed E-state index contributed by atoms with van der Waals surface area (Å²) in [6.45, 7) is 2.00. The molecule has 3 N–H and O–H groups in total. The van der Waals surface area contributed by atoms with Gasteiger partial charge in [0.15, 0.2) is 0 Å². The third kappa shape index (κ3) is 2.02. The van der Waals surface area contributed by atoms with Crippen molar-refractivity contribution in [3.05, 3.63) is 47.5 Å². The lowest BCUT2D eigenvalue weighted by molar-refractivity contribution is 1.45.